The van der Waals surface area contributed by atoms with Crippen molar-refractivity contribution in [2.75, 3.05) is 25.5 Å². The van der Waals surface area contributed by atoms with Crippen LogP contribution in [-0.4, -0.2) is 42.9 Å². The fourth-order valence-corrected chi connectivity index (χ4v) is 2.54. The first-order valence-corrected chi connectivity index (χ1v) is 7.49. The molecule has 0 spiro atoms. The number of anilines is 1. The molecule has 1 aliphatic rings. The maximum atomic E-state index is 12.5. The average Bonchev–Trinajstić information content (AvgIpc) is 2.54. The molecule has 0 aliphatic carbocycles. The Morgan fingerprint density at radius 1 is 1.32 bits per heavy atom. The molecule has 1 fully saturated rings. The van der Waals surface area contributed by atoms with Crippen molar-refractivity contribution in [3.8, 4) is 0 Å². The summed E-state index contributed by atoms with van der Waals surface area (Å²) < 4.78 is 0. The van der Waals surface area contributed by atoms with Gasteiger partial charge < -0.3 is 15.5 Å². The highest BCUT2D eigenvalue weighted by Gasteiger charge is 2.22. The maximum absolute atomic E-state index is 12.5. The summed E-state index contributed by atoms with van der Waals surface area (Å²) in [6.07, 6.45) is 2.39. The summed E-state index contributed by atoms with van der Waals surface area (Å²) in [7, 11) is 1.86. The van der Waals surface area contributed by atoms with Crippen molar-refractivity contribution < 1.29 is 9.59 Å². The van der Waals surface area contributed by atoms with Gasteiger partial charge in [0.25, 0.3) is 5.91 Å². The van der Waals surface area contributed by atoms with Gasteiger partial charge in [0.15, 0.2) is 0 Å². The van der Waals surface area contributed by atoms with Crippen LogP contribution in [0.2, 0.25) is 0 Å². The topological polar surface area (TPSA) is 61.4 Å². The van der Waals surface area contributed by atoms with Gasteiger partial charge >= 0.3 is 0 Å². The predicted molar refractivity (Wildman–Crippen MR) is 90.6 cm³/mol. The first-order valence-electron chi connectivity index (χ1n) is 7.49. The van der Waals surface area contributed by atoms with Crippen molar-refractivity contribution in [2.45, 2.75) is 32.2 Å². The molecule has 0 radical (unpaired) electrons. The number of halogens is 1. The lowest BCUT2D eigenvalue weighted by molar-refractivity contribution is -0.115. The molecular weight excluding hydrogens is 302 g/mol. The number of nitrogens with zero attached hydrogens (tertiary/aromatic N) is 1. The van der Waals surface area contributed by atoms with Crippen LogP contribution in [0.15, 0.2) is 24.3 Å². The Balaban J connectivity index is 0.00000242. The van der Waals surface area contributed by atoms with Gasteiger partial charge in [0.2, 0.25) is 5.91 Å². The van der Waals surface area contributed by atoms with Crippen molar-refractivity contribution in [1.29, 1.82) is 0 Å². The molecule has 0 saturated carbocycles. The largest absolute Gasteiger partial charge is 0.339 e. The second kappa shape index (κ2) is 8.76. The molecule has 0 atom stereocenters. The molecule has 22 heavy (non-hydrogen) atoms. The van der Waals surface area contributed by atoms with Gasteiger partial charge in [-0.1, -0.05) is 13.0 Å². The number of hydrogen-bond acceptors (Lipinski definition) is 3. The minimum absolute atomic E-state index is 0. The highest BCUT2D eigenvalue weighted by atomic mass is 35.5. The molecule has 1 heterocycles. The van der Waals surface area contributed by atoms with E-state index in [9.17, 15) is 9.59 Å². The highest BCUT2D eigenvalue weighted by molar-refractivity contribution is 5.97. The van der Waals surface area contributed by atoms with E-state index < -0.39 is 0 Å². The molecule has 0 bridgehead atoms. The van der Waals surface area contributed by atoms with E-state index >= 15 is 0 Å². The lowest BCUT2D eigenvalue weighted by atomic mass is 10.0. The molecule has 1 aromatic rings. The summed E-state index contributed by atoms with van der Waals surface area (Å²) in [6, 6.07) is 7.42. The van der Waals surface area contributed by atoms with Crippen LogP contribution in [0.4, 0.5) is 5.69 Å². The van der Waals surface area contributed by atoms with Crippen LogP contribution in [0.1, 0.15) is 36.5 Å². The summed E-state index contributed by atoms with van der Waals surface area (Å²) in [5.74, 6) is -0.0409. The number of benzene rings is 1. The smallest absolute Gasteiger partial charge is 0.253 e. The third-order valence-electron chi connectivity index (χ3n) is 3.89. The highest BCUT2D eigenvalue weighted by Crippen LogP contribution is 2.16. The van der Waals surface area contributed by atoms with E-state index in [2.05, 4.69) is 10.6 Å². The van der Waals surface area contributed by atoms with Crippen LogP contribution in [0, 0.1) is 0 Å². The summed E-state index contributed by atoms with van der Waals surface area (Å²) in [5, 5.41) is 6.09. The van der Waals surface area contributed by atoms with E-state index in [1.54, 1.807) is 31.2 Å². The van der Waals surface area contributed by atoms with E-state index in [0.717, 1.165) is 25.9 Å². The van der Waals surface area contributed by atoms with Gasteiger partial charge in [0.05, 0.1) is 0 Å². The van der Waals surface area contributed by atoms with Gasteiger partial charge in [0.1, 0.15) is 0 Å². The first-order chi connectivity index (χ1) is 10.1. The quantitative estimate of drug-likeness (QED) is 0.892. The van der Waals surface area contributed by atoms with Gasteiger partial charge in [-0.2, -0.15) is 0 Å². The Bertz CT molecular complexity index is 516. The van der Waals surface area contributed by atoms with Crippen LogP contribution in [0.5, 0.6) is 0 Å². The molecule has 0 unspecified atom stereocenters. The first kappa shape index (κ1) is 18.5. The van der Waals surface area contributed by atoms with Crippen LogP contribution in [-0.2, 0) is 4.79 Å². The van der Waals surface area contributed by atoms with E-state index in [1.165, 1.54) is 0 Å². The number of carbonyl (C=O) groups is 2. The van der Waals surface area contributed by atoms with Crippen molar-refractivity contribution in [3.63, 3.8) is 0 Å². The Labute approximate surface area is 137 Å². The summed E-state index contributed by atoms with van der Waals surface area (Å²) >= 11 is 0. The molecule has 1 aliphatic heterocycles. The van der Waals surface area contributed by atoms with Crippen LogP contribution in [0.25, 0.3) is 0 Å². The number of carbonyl (C=O) groups excluding carboxylic acids is 2. The van der Waals surface area contributed by atoms with E-state index in [4.69, 9.17) is 0 Å². The summed E-state index contributed by atoms with van der Waals surface area (Å²) in [6.45, 7) is 3.71. The second-order valence-electron chi connectivity index (χ2n) is 5.38. The average molecular weight is 326 g/mol. The molecule has 2 rings (SSSR count). The summed E-state index contributed by atoms with van der Waals surface area (Å²) in [5.41, 5.74) is 1.29. The molecule has 1 aromatic carbocycles. The molecule has 2 amide bonds. The minimum Gasteiger partial charge on any atom is -0.339 e. The van der Waals surface area contributed by atoms with Crippen LogP contribution in [0.3, 0.4) is 0 Å². The normalized spacial score (nSPS) is 14.8. The molecule has 122 valence electrons. The molecule has 6 heteroatoms. The van der Waals surface area contributed by atoms with Crippen LogP contribution >= 0.6 is 12.4 Å². The van der Waals surface area contributed by atoms with E-state index in [-0.39, 0.29) is 30.3 Å². The van der Waals surface area contributed by atoms with Gasteiger partial charge in [-0.05, 0) is 44.1 Å². The third kappa shape index (κ3) is 4.71. The number of nitrogens with one attached hydrogen (secondary N) is 2. The van der Waals surface area contributed by atoms with Crippen molar-refractivity contribution in [2.24, 2.45) is 0 Å². The Morgan fingerprint density at radius 2 is 2.00 bits per heavy atom. The van der Waals surface area contributed by atoms with Gasteiger partial charge in [-0.25, -0.2) is 0 Å². The van der Waals surface area contributed by atoms with Gasteiger partial charge in [0, 0.05) is 30.8 Å². The number of rotatable bonds is 4. The van der Waals surface area contributed by atoms with Gasteiger partial charge in [-0.15, -0.1) is 12.4 Å². The molecular formula is C16H24ClN3O2. The van der Waals surface area contributed by atoms with E-state index in [1.807, 2.05) is 11.9 Å². The Hall–Kier alpha value is -1.59. The predicted octanol–water partition coefficient (Wildman–Crippen LogP) is 2.28. The van der Waals surface area contributed by atoms with Crippen molar-refractivity contribution in [3.05, 3.63) is 29.8 Å². The number of piperidine rings is 1. The SMILES string of the molecule is CCC(=O)Nc1cccc(C(=O)N(C)C2CCNCC2)c1.Cl. The zero-order valence-electron chi connectivity index (χ0n) is 13.1. The van der Waals surface area contributed by atoms with Gasteiger partial charge in [-0.3, -0.25) is 9.59 Å². The fraction of sp³-hybridized carbons (Fsp3) is 0.500. The van der Waals surface area contributed by atoms with E-state index in [0.29, 0.717) is 17.7 Å². The number of amides is 2. The van der Waals surface area contributed by atoms with Crippen molar-refractivity contribution >= 4 is 29.9 Å². The Kier molecular flexibility index (Phi) is 7.35. The lowest BCUT2D eigenvalue weighted by Gasteiger charge is -2.31. The zero-order valence-corrected chi connectivity index (χ0v) is 13.9. The second-order valence-corrected chi connectivity index (χ2v) is 5.38. The maximum Gasteiger partial charge on any atom is 0.253 e. The molecule has 1 saturated heterocycles. The minimum atomic E-state index is -0.0497. The standard InChI is InChI=1S/C16H23N3O2.ClH/c1-3-15(20)18-13-6-4-5-12(11-13)16(21)19(2)14-7-9-17-10-8-14;/h4-6,11,14,17H,3,7-10H2,1-2H3,(H,18,20);1H. The third-order valence-corrected chi connectivity index (χ3v) is 3.89. The monoisotopic (exact) mass is 325 g/mol. The Morgan fingerprint density at radius 3 is 2.64 bits per heavy atom. The van der Waals surface area contributed by atoms with Crippen molar-refractivity contribution in [1.82, 2.24) is 10.2 Å². The number of hydrogen-bond donors (Lipinski definition) is 2. The molecule has 2 N–H and O–H groups in total. The zero-order chi connectivity index (χ0) is 15.2. The molecule has 0 aromatic heterocycles. The lowest BCUT2D eigenvalue weighted by Crippen LogP contribution is -2.43. The van der Waals surface area contributed by atoms with Crippen LogP contribution < -0.4 is 10.6 Å². The fourth-order valence-electron chi connectivity index (χ4n) is 2.54. The molecule has 5 nitrogen and oxygen atoms in total. The summed E-state index contributed by atoms with van der Waals surface area (Å²) in [4.78, 5) is 25.8.